The molecule has 776 valence electrons. The minimum atomic E-state index is -0.940. The molecule has 1 aromatic heterocycles. The first-order valence-corrected chi connectivity index (χ1v) is 50.9. The number of aromatic nitrogens is 2. The molecule has 4 aromatic carbocycles. The Hall–Kier alpha value is -10.1. The van der Waals surface area contributed by atoms with E-state index in [1.165, 1.54) is 28.4 Å². The number of benzene rings is 4. The average molecular weight is 2120 g/mol. The normalized spacial score (nSPS) is 23.7. The Balaban J connectivity index is 0.000000160. The minimum Gasteiger partial charge on any atom is -0.453 e. The number of hydrogen-bond donors (Lipinski definition) is 5. The number of aromatic amines is 1. The van der Waals surface area contributed by atoms with Crippen LogP contribution in [0.15, 0.2) is 146 Å². The van der Waals surface area contributed by atoms with Gasteiger partial charge in [-0.05, 0) is 153 Å². The van der Waals surface area contributed by atoms with Crippen LogP contribution >= 0.6 is 31.9 Å². The highest BCUT2D eigenvalue weighted by molar-refractivity contribution is 9.10. The van der Waals surface area contributed by atoms with Gasteiger partial charge in [0.1, 0.15) is 30.0 Å². The molecule has 10 saturated heterocycles. The second-order valence-corrected chi connectivity index (χ2v) is 43.4. The Kier molecular flexibility index (Phi) is 33.4. The van der Waals surface area contributed by atoms with Gasteiger partial charge in [0, 0.05) is 89.6 Å². The highest BCUT2D eigenvalue weighted by Gasteiger charge is 2.65. The zero-order valence-corrected chi connectivity index (χ0v) is 88.9. The molecule has 0 bridgehead atoms. The van der Waals surface area contributed by atoms with Crippen LogP contribution in [-0.2, 0) is 94.6 Å². The van der Waals surface area contributed by atoms with E-state index in [1.807, 2.05) is 190 Å². The molecule has 8 atom stereocenters. The van der Waals surface area contributed by atoms with Gasteiger partial charge in [0.25, 0.3) is 0 Å². The molecule has 37 nitrogen and oxygen atoms in total. The average Bonchev–Trinajstić information content (AvgIpc) is 1.16. The molecule has 13 aliphatic rings. The Bertz CT molecular complexity index is 5470. The van der Waals surface area contributed by atoms with Crippen molar-refractivity contribution in [3.63, 3.8) is 0 Å². The van der Waals surface area contributed by atoms with E-state index in [4.69, 9.17) is 95.4 Å². The number of H-pyrrole nitrogens is 1. The van der Waals surface area contributed by atoms with Crippen LogP contribution in [0.5, 0.6) is 0 Å². The van der Waals surface area contributed by atoms with Crippen LogP contribution in [0.1, 0.15) is 184 Å². The summed E-state index contributed by atoms with van der Waals surface area (Å²) in [6.07, 6.45) is 8.48. The fourth-order valence-corrected chi connectivity index (χ4v) is 20.5. The Morgan fingerprint density at radius 1 is 0.354 bits per heavy atom. The lowest BCUT2D eigenvalue weighted by atomic mass is 9.49. The molecule has 41 heteroatoms. The summed E-state index contributed by atoms with van der Waals surface area (Å²) in [5, 5.41) is 10.8. The van der Waals surface area contributed by atoms with Crippen molar-refractivity contribution in [3.05, 3.63) is 153 Å². The van der Waals surface area contributed by atoms with Crippen molar-refractivity contribution in [2.45, 2.75) is 250 Å². The summed E-state index contributed by atoms with van der Waals surface area (Å²) in [5.41, 5.74) is 11.4. The molecule has 0 saturated carbocycles. The number of alkyl carbamates (subject to hydrolysis) is 4. The van der Waals surface area contributed by atoms with Crippen LogP contribution in [0.3, 0.4) is 0 Å². The van der Waals surface area contributed by atoms with Gasteiger partial charge in [-0.3, -0.25) is 34.2 Å². The summed E-state index contributed by atoms with van der Waals surface area (Å²) in [6, 6.07) is 28.3. The molecule has 8 amide bonds. The smallest absolute Gasteiger partial charge is 0.453 e. The van der Waals surface area contributed by atoms with Crippen LogP contribution in [0, 0.1) is 23.7 Å². The van der Waals surface area contributed by atoms with Gasteiger partial charge >= 0.3 is 38.4 Å². The van der Waals surface area contributed by atoms with Gasteiger partial charge < -0.3 is 121 Å². The molecular weight excluding hydrogens is 1980 g/mol. The van der Waals surface area contributed by atoms with Gasteiger partial charge in [-0.1, -0.05) is 160 Å². The number of likely N-dealkylation sites (tertiary alicyclic amines) is 4. The maximum Gasteiger partial charge on any atom is 0.488 e. The molecule has 13 aliphatic heterocycles. The van der Waals surface area contributed by atoms with Gasteiger partial charge in [-0.2, -0.15) is 0 Å². The van der Waals surface area contributed by atoms with Crippen molar-refractivity contribution in [2.24, 2.45) is 38.6 Å². The second-order valence-electron chi connectivity index (χ2n) is 41.6. The molecule has 0 unspecified atom stereocenters. The fourth-order valence-electron chi connectivity index (χ4n) is 19.9. The first-order chi connectivity index (χ1) is 68.3. The highest BCUT2D eigenvalue weighted by atomic mass is 79.9. The summed E-state index contributed by atoms with van der Waals surface area (Å²) in [5.74, 6) is -4.38. The van der Waals surface area contributed by atoms with Crippen molar-refractivity contribution in [1.82, 2.24) is 50.8 Å². The summed E-state index contributed by atoms with van der Waals surface area (Å²) in [7, 11) is 4.17. The number of nitrogens with one attached hydrogen (secondary N) is 5. The number of ether oxygens (including phenoxy) is 12. The lowest BCUT2D eigenvalue weighted by Gasteiger charge is -2.32. The van der Waals surface area contributed by atoms with Crippen molar-refractivity contribution >= 4 is 128 Å². The maximum absolute atomic E-state index is 14.0. The topological polar surface area (TPSA) is 411 Å². The second kappa shape index (κ2) is 44.5. The fraction of sp³-hybridized carbons (Fsp3) is 0.573. The van der Waals surface area contributed by atoms with Crippen LogP contribution in [-0.4, -0.2) is 304 Å². The van der Waals surface area contributed by atoms with Crippen molar-refractivity contribution in [2.75, 3.05) is 107 Å². The third-order valence-electron chi connectivity index (χ3n) is 29.4. The number of methoxy groups -OCH3 is 4. The highest BCUT2D eigenvalue weighted by Crippen LogP contribution is 2.48. The molecule has 10 fully saturated rings. The van der Waals surface area contributed by atoms with E-state index in [-0.39, 0.29) is 101 Å². The van der Waals surface area contributed by atoms with Crippen LogP contribution < -0.4 is 21.3 Å². The lowest BCUT2D eigenvalue weighted by Crippen LogP contribution is -2.54. The zero-order valence-electron chi connectivity index (χ0n) is 85.7. The predicted molar refractivity (Wildman–Crippen MR) is 545 cm³/mol. The van der Waals surface area contributed by atoms with Crippen LogP contribution in [0.25, 0.3) is 39.1 Å². The largest absolute Gasteiger partial charge is 0.488 e. The molecule has 4 spiro atoms. The van der Waals surface area contributed by atoms with E-state index in [2.05, 4.69) is 94.5 Å². The van der Waals surface area contributed by atoms with Crippen molar-refractivity contribution in [1.29, 1.82) is 0 Å². The van der Waals surface area contributed by atoms with Gasteiger partial charge in [0.15, 0.2) is 23.1 Å². The number of aliphatic imine (C=N–C) groups is 3. The predicted octanol–water partition coefficient (Wildman–Crippen LogP) is 14.0. The monoisotopic (exact) mass is 2120 g/mol. The molecular formula is C103H135B2Br2N13O24. The SMILES string of the molecule is CC1(C)OB(B2OC(C)(C)C(C)(C)O2)OC1(C)C.COC(=O)N[C@H](C(=O)N1CC2(C[C@H]1C1=NC=C(c3ccc(-c4ccc(-c5cnc([C@@H]6CC7(CN6C(=O)[C@@H](NC(=O)OC)C(C)C)OCCO7)[nH]5)cc4)cc3)C1)OCCO2)C(C)C.COC(=O)N[C@H](C(=O)N1CC2(C[C@H]1C1=NC=C(c3ccc(Br)cc3)C1)OCCO2)C(C)C.COC(=O)N[C@H](C(=O)N1CC2(C[C@H]1C1=NC=C(c3ccc(Br)cc3)C1)OCCO2)C(C)C. The van der Waals surface area contributed by atoms with Crippen LogP contribution in [0.4, 0.5) is 19.2 Å². The summed E-state index contributed by atoms with van der Waals surface area (Å²) >= 11 is 6.93. The first-order valence-electron chi connectivity index (χ1n) is 49.3. The Morgan fingerprint density at radius 2 is 0.583 bits per heavy atom. The maximum atomic E-state index is 14.0. The number of amides is 8. The standard InChI is InChI=1S/C45H55N7O10.2C23H28BrN3O5.C12H24B2O4/c1-26(2)37(49-42(55)57-5)40(53)51-24-44(59-15-16-60-44)20-35(51)33-19-32(22-46-33)30-9-7-28(8-10-30)29-11-13-31(14-12-29)34-23-47-39(48-34)36-21-45(61-17-18-62-45)25-52(36)41(54)38(27(3)4)50-43(56)58-6;2*1-14(2)20(26-22(29)30-3)21(28)27-13-23(31-8-9-32-23)11-19(27)18-10-16(12-25-18)15-4-6-17(24)7-5-15;1-9(2)10(3,4)16-13(15-9)14-17-11(5,6)12(7,8)18-14/h7-14,22-23,26-27,35-38H,15-21,24-25H2,1-6H3,(H,47,48)(H,49,55)(H,50,56);2*4-7,12,14,19-20H,8-11,13H2,1-3H3,(H,26,29);1-8H3/t35-,36-,37-,38-;2*19-,20-;/m000./s1. The summed E-state index contributed by atoms with van der Waals surface area (Å²) in [6.45, 7) is 36.1. The Labute approximate surface area is 858 Å². The number of hydrogen-bond acceptors (Lipinski definition) is 28. The zero-order chi connectivity index (χ0) is 104. The third kappa shape index (κ3) is 23.8. The van der Waals surface area contributed by atoms with Gasteiger partial charge in [-0.15, -0.1) is 0 Å². The number of rotatable bonds is 22. The van der Waals surface area contributed by atoms with Crippen molar-refractivity contribution in [3.8, 4) is 22.4 Å². The molecule has 18 rings (SSSR count). The molecule has 14 heterocycles. The lowest BCUT2D eigenvalue weighted by molar-refractivity contribution is -0.153. The first kappa shape index (κ1) is 108. The van der Waals surface area contributed by atoms with E-state index in [0.29, 0.717) is 117 Å². The van der Waals surface area contributed by atoms with Crippen LogP contribution in [0.2, 0.25) is 0 Å². The van der Waals surface area contributed by atoms with E-state index in [0.717, 1.165) is 81.9 Å². The molecule has 5 aromatic rings. The summed E-state index contributed by atoms with van der Waals surface area (Å²) < 4.78 is 92.8. The van der Waals surface area contributed by atoms with Gasteiger partial charge in [-0.25, -0.2) is 24.2 Å². The molecule has 5 N–H and O–H groups in total. The summed E-state index contributed by atoms with van der Waals surface area (Å²) in [4.78, 5) is 133. The van der Waals surface area contributed by atoms with E-state index in [9.17, 15) is 38.4 Å². The number of carbonyl (C=O) groups is 8. The van der Waals surface area contributed by atoms with E-state index < -0.39 is 91.7 Å². The van der Waals surface area contributed by atoms with Gasteiger partial charge in [0.05, 0.1) is 166 Å². The number of allylic oxidation sites excluding steroid dienone is 3. The van der Waals surface area contributed by atoms with Gasteiger partial charge in [0.2, 0.25) is 23.6 Å². The number of carbonyl (C=O) groups excluding carboxylic acids is 8. The Morgan fingerprint density at radius 3 is 0.833 bits per heavy atom. The number of halogens is 2. The van der Waals surface area contributed by atoms with E-state index in [1.54, 1.807) is 25.8 Å². The van der Waals surface area contributed by atoms with E-state index >= 15 is 0 Å². The minimum absolute atomic E-state index is 0.119. The van der Waals surface area contributed by atoms with Crippen molar-refractivity contribution < 1.29 is 114 Å². The molecule has 0 radical (unpaired) electrons. The quantitative estimate of drug-likeness (QED) is 0.0317. The molecule has 0 aliphatic carbocycles. The number of imidazole rings is 1. The molecule has 144 heavy (non-hydrogen) atoms. The number of nitrogens with zero attached hydrogens (tertiary/aromatic N) is 8. The third-order valence-corrected chi connectivity index (χ3v) is 30.5.